The van der Waals surface area contributed by atoms with Crippen molar-refractivity contribution < 1.29 is 19.1 Å². The van der Waals surface area contributed by atoms with E-state index in [-0.39, 0.29) is 6.54 Å². The Hall–Kier alpha value is -3.39. The van der Waals surface area contributed by atoms with Gasteiger partial charge in [-0.2, -0.15) is 5.01 Å². The molecule has 1 unspecified atom stereocenters. The fourth-order valence-electron chi connectivity index (χ4n) is 3.58. The average Bonchev–Trinajstić information content (AvgIpc) is 2.96. The Morgan fingerprint density at radius 1 is 1.13 bits per heavy atom. The minimum absolute atomic E-state index is 0.00976. The molecular formula is C23H28N4O4. The van der Waals surface area contributed by atoms with E-state index in [4.69, 9.17) is 4.74 Å². The molecule has 1 fully saturated rings. The van der Waals surface area contributed by atoms with Crippen LogP contribution in [-0.4, -0.2) is 54.0 Å². The van der Waals surface area contributed by atoms with E-state index in [0.29, 0.717) is 19.4 Å². The van der Waals surface area contributed by atoms with E-state index < -0.39 is 23.4 Å². The van der Waals surface area contributed by atoms with Crippen LogP contribution in [0, 0.1) is 0 Å². The van der Waals surface area contributed by atoms with E-state index in [1.165, 1.54) is 0 Å². The molecule has 0 aliphatic carbocycles. The highest BCUT2D eigenvalue weighted by Crippen LogP contribution is 2.22. The third-order valence-electron chi connectivity index (χ3n) is 5.30. The van der Waals surface area contributed by atoms with Gasteiger partial charge in [0.2, 0.25) is 0 Å². The number of para-hydroxylation sites is 1. The van der Waals surface area contributed by atoms with Crippen LogP contribution in [0.3, 0.4) is 0 Å². The molecule has 2 N–H and O–H groups in total. The average molecular weight is 425 g/mol. The van der Waals surface area contributed by atoms with Crippen molar-refractivity contribution in [1.82, 2.24) is 20.7 Å². The predicted octanol–water partition coefficient (Wildman–Crippen LogP) is 2.10. The van der Waals surface area contributed by atoms with Gasteiger partial charge in [0.05, 0.1) is 13.7 Å². The summed E-state index contributed by atoms with van der Waals surface area (Å²) in [5.41, 5.74) is 3.38. The van der Waals surface area contributed by atoms with Gasteiger partial charge in [-0.15, -0.1) is 0 Å². The maximum atomic E-state index is 12.9. The number of amides is 4. The molecule has 0 saturated carbocycles. The summed E-state index contributed by atoms with van der Waals surface area (Å²) in [7, 11) is 3.37. The zero-order valence-corrected chi connectivity index (χ0v) is 18.1. The monoisotopic (exact) mass is 424 g/mol. The SMILES string of the molecule is COc1ccccc1CN(C)CC(=O)NN1C(=O)NC(C)(CCc2ccccc2)C1=O. The summed E-state index contributed by atoms with van der Waals surface area (Å²) >= 11 is 0. The fraction of sp³-hybridized carbons (Fsp3) is 0.348. The molecule has 0 bridgehead atoms. The number of ether oxygens (including phenoxy) is 1. The van der Waals surface area contributed by atoms with Crippen molar-refractivity contribution in [1.29, 1.82) is 0 Å². The Labute approximate surface area is 182 Å². The molecule has 1 aliphatic rings. The topological polar surface area (TPSA) is 91.0 Å². The molecule has 0 spiro atoms. The molecule has 2 aromatic rings. The highest BCUT2D eigenvalue weighted by molar-refractivity contribution is 6.07. The van der Waals surface area contributed by atoms with Crippen LogP contribution in [0.15, 0.2) is 54.6 Å². The van der Waals surface area contributed by atoms with Crippen molar-refractivity contribution >= 4 is 17.8 Å². The van der Waals surface area contributed by atoms with Gasteiger partial charge in [-0.25, -0.2) is 4.79 Å². The van der Waals surface area contributed by atoms with Crippen molar-refractivity contribution in [2.45, 2.75) is 31.8 Å². The molecule has 0 radical (unpaired) electrons. The van der Waals surface area contributed by atoms with Crippen molar-refractivity contribution in [2.75, 3.05) is 20.7 Å². The van der Waals surface area contributed by atoms with Gasteiger partial charge in [-0.05, 0) is 38.4 Å². The summed E-state index contributed by atoms with van der Waals surface area (Å²) < 4.78 is 5.33. The van der Waals surface area contributed by atoms with Crippen LogP contribution in [-0.2, 0) is 22.6 Å². The van der Waals surface area contributed by atoms with Crippen molar-refractivity contribution in [3.05, 3.63) is 65.7 Å². The third kappa shape index (κ3) is 5.40. The van der Waals surface area contributed by atoms with Gasteiger partial charge in [0.25, 0.3) is 11.8 Å². The minimum atomic E-state index is -1.07. The number of hydrogen-bond acceptors (Lipinski definition) is 5. The van der Waals surface area contributed by atoms with Crippen LogP contribution in [0.5, 0.6) is 5.75 Å². The van der Waals surface area contributed by atoms with Crippen LogP contribution < -0.4 is 15.5 Å². The number of aryl methyl sites for hydroxylation is 1. The second-order valence-corrected chi connectivity index (χ2v) is 7.91. The van der Waals surface area contributed by atoms with Crippen molar-refractivity contribution in [2.24, 2.45) is 0 Å². The number of nitrogens with one attached hydrogen (secondary N) is 2. The van der Waals surface area contributed by atoms with Crippen LogP contribution >= 0.6 is 0 Å². The van der Waals surface area contributed by atoms with Crippen LogP contribution in [0.1, 0.15) is 24.5 Å². The lowest BCUT2D eigenvalue weighted by molar-refractivity contribution is -0.139. The van der Waals surface area contributed by atoms with Gasteiger partial charge in [0.1, 0.15) is 11.3 Å². The number of methoxy groups -OCH3 is 1. The highest BCUT2D eigenvalue weighted by atomic mass is 16.5. The Bertz CT molecular complexity index is 950. The summed E-state index contributed by atoms with van der Waals surface area (Å²) in [6.07, 6.45) is 1.06. The Balaban J connectivity index is 1.55. The zero-order chi connectivity index (χ0) is 22.4. The van der Waals surface area contributed by atoms with E-state index in [0.717, 1.165) is 21.9 Å². The minimum Gasteiger partial charge on any atom is -0.496 e. The first-order valence-corrected chi connectivity index (χ1v) is 10.1. The third-order valence-corrected chi connectivity index (χ3v) is 5.30. The number of carbonyl (C=O) groups excluding carboxylic acids is 3. The largest absolute Gasteiger partial charge is 0.496 e. The van der Waals surface area contributed by atoms with E-state index >= 15 is 0 Å². The normalized spacial score (nSPS) is 18.3. The smallest absolute Gasteiger partial charge is 0.344 e. The molecule has 2 aromatic carbocycles. The highest BCUT2D eigenvalue weighted by Gasteiger charge is 2.48. The molecule has 31 heavy (non-hydrogen) atoms. The molecule has 1 saturated heterocycles. The fourth-order valence-corrected chi connectivity index (χ4v) is 3.58. The number of nitrogens with zero attached hydrogens (tertiary/aromatic N) is 2. The molecule has 1 heterocycles. The number of urea groups is 1. The number of benzene rings is 2. The first kappa shape index (κ1) is 22.3. The van der Waals surface area contributed by atoms with Gasteiger partial charge in [-0.1, -0.05) is 48.5 Å². The second-order valence-electron chi connectivity index (χ2n) is 7.91. The van der Waals surface area contributed by atoms with Crippen LogP contribution in [0.25, 0.3) is 0 Å². The lowest BCUT2D eigenvalue weighted by Crippen LogP contribution is -2.51. The van der Waals surface area contributed by atoms with Crippen molar-refractivity contribution in [3.63, 3.8) is 0 Å². The summed E-state index contributed by atoms with van der Waals surface area (Å²) in [6, 6.07) is 16.7. The maximum absolute atomic E-state index is 12.9. The second kappa shape index (κ2) is 9.61. The number of imide groups is 1. The number of rotatable bonds is 9. The molecule has 8 heteroatoms. The lowest BCUT2D eigenvalue weighted by Gasteiger charge is -2.22. The Morgan fingerprint density at radius 2 is 1.81 bits per heavy atom. The number of hydrogen-bond donors (Lipinski definition) is 2. The van der Waals surface area contributed by atoms with Crippen LogP contribution in [0.2, 0.25) is 0 Å². The zero-order valence-electron chi connectivity index (χ0n) is 18.1. The molecular weight excluding hydrogens is 396 g/mol. The van der Waals surface area contributed by atoms with E-state index in [9.17, 15) is 14.4 Å². The molecule has 164 valence electrons. The van der Waals surface area contributed by atoms with Gasteiger partial charge in [-0.3, -0.25) is 19.9 Å². The molecule has 4 amide bonds. The summed E-state index contributed by atoms with van der Waals surface area (Å²) in [6.45, 7) is 2.17. The number of likely N-dealkylation sites (N-methyl/N-ethyl adjacent to an activating group) is 1. The number of carbonyl (C=O) groups is 3. The van der Waals surface area contributed by atoms with Crippen molar-refractivity contribution in [3.8, 4) is 5.75 Å². The number of hydrazine groups is 1. The van der Waals surface area contributed by atoms with Gasteiger partial charge in [0.15, 0.2) is 0 Å². The van der Waals surface area contributed by atoms with E-state index in [2.05, 4.69) is 10.7 Å². The van der Waals surface area contributed by atoms with Gasteiger partial charge >= 0.3 is 6.03 Å². The molecule has 0 aromatic heterocycles. The van der Waals surface area contributed by atoms with Gasteiger partial charge < -0.3 is 10.1 Å². The quantitative estimate of drug-likeness (QED) is 0.602. The van der Waals surface area contributed by atoms with Crippen LogP contribution in [0.4, 0.5) is 4.79 Å². The Morgan fingerprint density at radius 3 is 2.52 bits per heavy atom. The van der Waals surface area contributed by atoms with Gasteiger partial charge in [0, 0.05) is 12.1 Å². The standard InChI is InChI=1S/C23H28N4O4/c1-23(14-13-17-9-5-4-6-10-17)21(29)27(22(30)24-23)25-20(28)16-26(2)15-18-11-7-8-12-19(18)31-3/h4-12H,13-16H2,1-3H3,(H,24,30)(H,25,28). The molecule has 8 nitrogen and oxygen atoms in total. The lowest BCUT2D eigenvalue weighted by atomic mass is 9.93. The first-order chi connectivity index (χ1) is 14.8. The molecule has 1 aliphatic heterocycles. The summed E-state index contributed by atoms with van der Waals surface area (Å²) in [5, 5.41) is 3.49. The van der Waals surface area contributed by atoms with E-state index in [1.807, 2.05) is 54.6 Å². The summed E-state index contributed by atoms with van der Waals surface area (Å²) in [4.78, 5) is 39.5. The van der Waals surface area contributed by atoms with E-state index in [1.54, 1.807) is 26.0 Å². The molecule has 1 atom stereocenters. The molecule has 3 rings (SSSR count). The predicted molar refractivity (Wildman–Crippen MR) is 116 cm³/mol. The Kier molecular flexibility index (Phi) is 6.91. The summed E-state index contributed by atoms with van der Waals surface area (Å²) in [5.74, 6) is -0.180. The maximum Gasteiger partial charge on any atom is 0.344 e. The first-order valence-electron chi connectivity index (χ1n) is 10.1.